The van der Waals surface area contributed by atoms with E-state index in [-0.39, 0.29) is 11.8 Å². The summed E-state index contributed by atoms with van der Waals surface area (Å²) in [5.41, 5.74) is 2.98. The van der Waals surface area contributed by atoms with Gasteiger partial charge < -0.3 is 20.3 Å². The number of piperidine rings is 1. The molecule has 0 aliphatic carbocycles. The fourth-order valence-corrected chi connectivity index (χ4v) is 4.10. The summed E-state index contributed by atoms with van der Waals surface area (Å²) in [5.74, 6) is -0.151. The molecule has 7 nitrogen and oxygen atoms in total. The normalized spacial score (nSPS) is 17.2. The van der Waals surface area contributed by atoms with Gasteiger partial charge in [0, 0.05) is 30.2 Å². The summed E-state index contributed by atoms with van der Waals surface area (Å²) in [7, 11) is 0. The number of carbonyl (C=O) groups is 2. The van der Waals surface area contributed by atoms with Crippen LogP contribution in [0.3, 0.4) is 0 Å². The summed E-state index contributed by atoms with van der Waals surface area (Å²) < 4.78 is 5.42. The Morgan fingerprint density at radius 2 is 1.45 bits per heavy atom. The summed E-state index contributed by atoms with van der Waals surface area (Å²) in [6.45, 7) is 5.29. The molecule has 0 saturated carbocycles. The summed E-state index contributed by atoms with van der Waals surface area (Å²) in [6, 6.07) is 14.9. The Morgan fingerprint density at radius 3 is 2.16 bits per heavy atom. The molecule has 0 bridgehead atoms. The van der Waals surface area contributed by atoms with Crippen molar-refractivity contribution in [2.45, 2.75) is 19.3 Å². The first kappa shape index (κ1) is 21.3. The molecule has 0 aromatic heterocycles. The van der Waals surface area contributed by atoms with Gasteiger partial charge in [-0.05, 0) is 62.3 Å². The van der Waals surface area contributed by atoms with Crippen LogP contribution in [0.15, 0.2) is 48.5 Å². The smallest absolute Gasteiger partial charge is 0.257 e. The van der Waals surface area contributed by atoms with Crippen molar-refractivity contribution in [2.24, 2.45) is 0 Å². The molecule has 164 valence electrons. The summed E-state index contributed by atoms with van der Waals surface area (Å²) in [5, 5.41) is 5.91. The Balaban J connectivity index is 1.34. The minimum absolute atomic E-state index is 0.00174. The zero-order chi connectivity index (χ0) is 21.5. The second-order valence-corrected chi connectivity index (χ2v) is 8.03. The van der Waals surface area contributed by atoms with E-state index in [1.165, 1.54) is 6.42 Å². The van der Waals surface area contributed by atoms with Crippen LogP contribution in [0.1, 0.15) is 29.6 Å². The molecule has 2 aliphatic rings. The number of carbonyl (C=O) groups excluding carboxylic acids is 2. The third kappa shape index (κ3) is 5.83. The number of morpholine rings is 1. The van der Waals surface area contributed by atoms with Gasteiger partial charge in [-0.25, -0.2) is 0 Å². The van der Waals surface area contributed by atoms with E-state index in [1.807, 2.05) is 48.5 Å². The number of anilines is 3. The lowest BCUT2D eigenvalue weighted by Gasteiger charge is -2.30. The Labute approximate surface area is 183 Å². The predicted molar refractivity (Wildman–Crippen MR) is 123 cm³/mol. The number of nitrogens with one attached hydrogen (secondary N) is 2. The van der Waals surface area contributed by atoms with Gasteiger partial charge in [-0.1, -0.05) is 18.6 Å². The van der Waals surface area contributed by atoms with E-state index in [0.29, 0.717) is 31.0 Å². The zero-order valence-electron chi connectivity index (χ0n) is 17.8. The van der Waals surface area contributed by atoms with Crippen LogP contribution >= 0.6 is 0 Å². The summed E-state index contributed by atoms with van der Waals surface area (Å²) in [4.78, 5) is 29.6. The van der Waals surface area contributed by atoms with Crippen LogP contribution in [0, 0.1) is 0 Å². The molecule has 0 atom stereocenters. The number of nitrogens with zero attached hydrogens (tertiary/aromatic N) is 2. The largest absolute Gasteiger partial charge is 0.378 e. The Morgan fingerprint density at radius 1 is 0.806 bits per heavy atom. The highest BCUT2D eigenvalue weighted by atomic mass is 16.5. The molecule has 2 amide bonds. The van der Waals surface area contributed by atoms with Gasteiger partial charge in [-0.15, -0.1) is 0 Å². The molecule has 0 unspecified atom stereocenters. The molecule has 2 saturated heterocycles. The quantitative estimate of drug-likeness (QED) is 0.748. The van der Waals surface area contributed by atoms with E-state index >= 15 is 0 Å². The molecule has 4 rings (SSSR count). The van der Waals surface area contributed by atoms with E-state index in [4.69, 9.17) is 4.74 Å². The number of benzene rings is 2. The summed E-state index contributed by atoms with van der Waals surface area (Å²) in [6.07, 6.45) is 3.58. The highest BCUT2D eigenvalue weighted by molar-refractivity contribution is 6.08. The second kappa shape index (κ2) is 10.4. The van der Waals surface area contributed by atoms with Crippen LogP contribution in [0.25, 0.3) is 0 Å². The van der Waals surface area contributed by atoms with E-state index in [0.717, 1.165) is 50.4 Å². The van der Waals surface area contributed by atoms with Gasteiger partial charge in [0.25, 0.3) is 5.91 Å². The van der Waals surface area contributed by atoms with Crippen molar-refractivity contribution in [3.63, 3.8) is 0 Å². The van der Waals surface area contributed by atoms with Gasteiger partial charge in [0.2, 0.25) is 5.91 Å². The average molecular weight is 423 g/mol. The molecule has 2 aliphatic heterocycles. The second-order valence-electron chi connectivity index (χ2n) is 8.03. The number of likely N-dealkylation sites (tertiary alicyclic amines) is 1. The van der Waals surface area contributed by atoms with Crippen molar-refractivity contribution >= 4 is 28.9 Å². The number of para-hydroxylation sites is 1. The van der Waals surface area contributed by atoms with Gasteiger partial charge in [-0.3, -0.25) is 14.5 Å². The van der Waals surface area contributed by atoms with Crippen molar-refractivity contribution in [1.82, 2.24) is 4.90 Å². The van der Waals surface area contributed by atoms with E-state index in [9.17, 15) is 9.59 Å². The van der Waals surface area contributed by atoms with Gasteiger partial charge >= 0.3 is 0 Å². The number of hydrogen-bond acceptors (Lipinski definition) is 5. The lowest BCUT2D eigenvalue weighted by atomic mass is 10.1. The first-order valence-corrected chi connectivity index (χ1v) is 11.0. The van der Waals surface area contributed by atoms with Crippen molar-refractivity contribution in [2.75, 3.05) is 61.5 Å². The first-order valence-electron chi connectivity index (χ1n) is 11.0. The van der Waals surface area contributed by atoms with Gasteiger partial charge in [0.15, 0.2) is 0 Å². The monoisotopic (exact) mass is 422 g/mol. The minimum Gasteiger partial charge on any atom is -0.378 e. The Bertz CT molecular complexity index is 888. The highest BCUT2D eigenvalue weighted by Gasteiger charge is 2.18. The Kier molecular flexibility index (Phi) is 7.17. The molecule has 2 fully saturated rings. The van der Waals surface area contributed by atoms with Crippen LogP contribution in [-0.2, 0) is 9.53 Å². The van der Waals surface area contributed by atoms with Crippen LogP contribution in [0.5, 0.6) is 0 Å². The third-order valence-electron chi connectivity index (χ3n) is 5.74. The lowest BCUT2D eigenvalue weighted by molar-refractivity contribution is -0.117. The van der Waals surface area contributed by atoms with Crippen LogP contribution in [0.4, 0.5) is 17.1 Å². The number of hydrogen-bond donors (Lipinski definition) is 2. The lowest BCUT2D eigenvalue weighted by Crippen LogP contribution is -2.37. The number of rotatable bonds is 6. The van der Waals surface area contributed by atoms with Gasteiger partial charge in [0.05, 0.1) is 25.3 Å². The van der Waals surface area contributed by atoms with Crippen LogP contribution in [0.2, 0.25) is 0 Å². The fraction of sp³-hybridized carbons (Fsp3) is 0.417. The first-order chi connectivity index (χ1) is 15.2. The maximum Gasteiger partial charge on any atom is 0.257 e. The minimum atomic E-state index is -0.149. The maximum atomic E-state index is 12.9. The molecule has 2 N–H and O–H groups in total. The molecular weight excluding hydrogens is 392 g/mol. The molecule has 0 radical (unpaired) electrons. The molecule has 2 heterocycles. The molecular formula is C24H30N4O3. The Hall–Kier alpha value is -2.90. The van der Waals surface area contributed by atoms with Crippen LogP contribution in [-0.4, -0.2) is 62.7 Å². The summed E-state index contributed by atoms with van der Waals surface area (Å²) >= 11 is 0. The van der Waals surface area contributed by atoms with Crippen molar-refractivity contribution in [1.29, 1.82) is 0 Å². The molecule has 0 spiro atoms. The van der Waals surface area contributed by atoms with E-state index in [1.54, 1.807) is 0 Å². The third-order valence-corrected chi connectivity index (χ3v) is 5.74. The molecule has 7 heteroatoms. The predicted octanol–water partition coefficient (Wildman–Crippen LogP) is 3.20. The van der Waals surface area contributed by atoms with Gasteiger partial charge in [0.1, 0.15) is 0 Å². The zero-order valence-corrected chi connectivity index (χ0v) is 17.8. The molecule has 2 aromatic carbocycles. The van der Waals surface area contributed by atoms with Crippen molar-refractivity contribution in [3.8, 4) is 0 Å². The van der Waals surface area contributed by atoms with E-state index in [2.05, 4.69) is 20.4 Å². The number of ether oxygens (including phenoxy) is 1. The molecule has 31 heavy (non-hydrogen) atoms. The highest BCUT2D eigenvalue weighted by Crippen LogP contribution is 2.23. The van der Waals surface area contributed by atoms with Crippen molar-refractivity contribution < 1.29 is 14.3 Å². The standard InChI is InChI=1S/C24H30N4O3/c29-23(18-27-12-4-1-5-13-27)25-19-8-10-20(11-9-19)26-24(30)21-6-2-3-7-22(21)28-14-16-31-17-15-28/h2-3,6-11H,1,4-5,12-18H2,(H,25,29)(H,26,30). The topological polar surface area (TPSA) is 73.9 Å². The fourth-order valence-electron chi connectivity index (χ4n) is 4.10. The van der Waals surface area contributed by atoms with Crippen LogP contribution < -0.4 is 15.5 Å². The number of amides is 2. The average Bonchev–Trinajstić information content (AvgIpc) is 2.81. The van der Waals surface area contributed by atoms with Gasteiger partial charge in [-0.2, -0.15) is 0 Å². The SMILES string of the molecule is O=C(CN1CCCCC1)Nc1ccc(NC(=O)c2ccccc2N2CCOCC2)cc1. The maximum absolute atomic E-state index is 12.9. The van der Waals surface area contributed by atoms with Crippen molar-refractivity contribution in [3.05, 3.63) is 54.1 Å². The van der Waals surface area contributed by atoms with E-state index < -0.39 is 0 Å². The molecule has 2 aromatic rings.